The molecule has 1 aromatic rings. The second kappa shape index (κ2) is 3.36. The Morgan fingerprint density at radius 3 is 2.71 bits per heavy atom. The van der Waals surface area contributed by atoms with Crippen molar-refractivity contribution in [1.82, 2.24) is 0 Å². The molecule has 1 aliphatic rings. The van der Waals surface area contributed by atoms with E-state index in [0.29, 0.717) is 11.3 Å². The van der Waals surface area contributed by atoms with Crippen LogP contribution in [0.1, 0.15) is 5.56 Å². The number of amides is 1. The van der Waals surface area contributed by atoms with Gasteiger partial charge >= 0.3 is 0 Å². The summed E-state index contributed by atoms with van der Waals surface area (Å²) in [6.07, 6.45) is 0. The fourth-order valence-corrected chi connectivity index (χ4v) is 2.61. The van der Waals surface area contributed by atoms with Crippen LogP contribution in [0, 0.1) is 0 Å². The van der Waals surface area contributed by atoms with Crippen molar-refractivity contribution in [2.75, 3.05) is 5.32 Å². The number of nitrogens with zero attached hydrogens (tertiary/aromatic N) is 1. The number of rotatable bonds is 0. The van der Waals surface area contributed by atoms with Gasteiger partial charge in [-0.05, 0) is 28.1 Å². The van der Waals surface area contributed by atoms with Gasteiger partial charge in [0.25, 0.3) is 5.91 Å². The summed E-state index contributed by atoms with van der Waals surface area (Å²) in [7, 11) is 0. The topological polar surface area (TPSA) is 61.7 Å². The van der Waals surface area contributed by atoms with Gasteiger partial charge in [-0.1, -0.05) is 21.1 Å². The third kappa shape index (κ3) is 1.34. The highest BCUT2D eigenvalue weighted by molar-refractivity contribution is 9.11. The SMILES string of the molecule is O=C1Nc2c(Br)cc(Br)cc2/C1=N/O. The molecule has 0 fully saturated rings. The zero-order valence-corrected chi connectivity index (χ0v) is 9.89. The van der Waals surface area contributed by atoms with Gasteiger partial charge in [0.2, 0.25) is 0 Å². The van der Waals surface area contributed by atoms with Crippen molar-refractivity contribution in [2.24, 2.45) is 5.16 Å². The monoisotopic (exact) mass is 318 g/mol. The number of hydrogen-bond donors (Lipinski definition) is 2. The van der Waals surface area contributed by atoms with E-state index in [2.05, 4.69) is 42.3 Å². The standard InChI is InChI=1S/C8H4Br2N2O2/c9-3-1-4-6(5(10)2-3)11-8(13)7(4)12-14/h1-2,14H,(H,11,12,13). The Morgan fingerprint density at radius 1 is 1.36 bits per heavy atom. The van der Waals surface area contributed by atoms with Gasteiger partial charge in [0, 0.05) is 14.5 Å². The highest BCUT2D eigenvalue weighted by atomic mass is 79.9. The fraction of sp³-hybridized carbons (Fsp3) is 0. The van der Waals surface area contributed by atoms with Crippen LogP contribution in [-0.2, 0) is 4.79 Å². The van der Waals surface area contributed by atoms with Crippen LogP contribution in [-0.4, -0.2) is 16.8 Å². The molecule has 72 valence electrons. The van der Waals surface area contributed by atoms with E-state index in [1.807, 2.05) is 0 Å². The largest absolute Gasteiger partial charge is 0.410 e. The molecule has 0 atom stereocenters. The third-order valence-electron chi connectivity index (χ3n) is 1.86. The molecule has 0 aromatic heterocycles. The van der Waals surface area contributed by atoms with E-state index in [0.717, 1.165) is 8.95 Å². The van der Waals surface area contributed by atoms with Gasteiger partial charge in [0.1, 0.15) is 0 Å². The molecule has 1 aromatic carbocycles. The van der Waals surface area contributed by atoms with Crippen LogP contribution in [0.3, 0.4) is 0 Å². The first kappa shape index (κ1) is 9.67. The summed E-state index contributed by atoms with van der Waals surface area (Å²) in [6, 6.07) is 3.52. The molecule has 14 heavy (non-hydrogen) atoms. The maximum atomic E-state index is 11.3. The van der Waals surface area contributed by atoms with Crippen LogP contribution in [0.4, 0.5) is 5.69 Å². The maximum absolute atomic E-state index is 11.3. The zero-order chi connectivity index (χ0) is 10.3. The Labute approximate surface area is 96.2 Å². The average molecular weight is 320 g/mol. The lowest BCUT2D eigenvalue weighted by molar-refractivity contribution is -0.110. The minimum atomic E-state index is -0.402. The summed E-state index contributed by atoms with van der Waals surface area (Å²) in [5, 5.41) is 14.2. The van der Waals surface area contributed by atoms with Crippen LogP contribution in [0.5, 0.6) is 0 Å². The predicted molar refractivity (Wildman–Crippen MR) is 58.8 cm³/mol. The molecule has 0 saturated heterocycles. The van der Waals surface area contributed by atoms with Crippen LogP contribution in [0.15, 0.2) is 26.2 Å². The average Bonchev–Trinajstić information content (AvgIpc) is 2.41. The third-order valence-corrected chi connectivity index (χ3v) is 2.95. The van der Waals surface area contributed by atoms with Gasteiger partial charge in [0.05, 0.1) is 5.69 Å². The van der Waals surface area contributed by atoms with E-state index in [4.69, 9.17) is 5.21 Å². The van der Waals surface area contributed by atoms with Crippen LogP contribution in [0.2, 0.25) is 0 Å². The van der Waals surface area contributed by atoms with Crippen molar-refractivity contribution < 1.29 is 10.0 Å². The first-order chi connectivity index (χ1) is 6.63. The quantitative estimate of drug-likeness (QED) is 0.569. The molecule has 0 bridgehead atoms. The first-order valence-electron chi connectivity index (χ1n) is 3.66. The Hall–Kier alpha value is -0.880. The summed E-state index contributed by atoms with van der Waals surface area (Å²) in [6.45, 7) is 0. The summed E-state index contributed by atoms with van der Waals surface area (Å²) in [5.74, 6) is -0.402. The minimum Gasteiger partial charge on any atom is -0.410 e. The van der Waals surface area contributed by atoms with E-state index < -0.39 is 5.91 Å². The molecule has 0 saturated carbocycles. The molecular weight excluding hydrogens is 316 g/mol. The first-order valence-corrected chi connectivity index (χ1v) is 5.25. The second-order valence-corrected chi connectivity index (χ2v) is 4.48. The second-order valence-electron chi connectivity index (χ2n) is 2.71. The van der Waals surface area contributed by atoms with Crippen LogP contribution >= 0.6 is 31.9 Å². The molecule has 2 rings (SSSR count). The van der Waals surface area contributed by atoms with Crippen molar-refractivity contribution in [3.8, 4) is 0 Å². The summed E-state index contributed by atoms with van der Waals surface area (Å²) < 4.78 is 1.55. The van der Waals surface area contributed by atoms with Gasteiger partial charge in [-0.25, -0.2) is 0 Å². The molecule has 4 nitrogen and oxygen atoms in total. The highest BCUT2D eigenvalue weighted by Gasteiger charge is 2.28. The molecule has 1 heterocycles. The molecule has 0 unspecified atom stereocenters. The Bertz CT molecular complexity index is 457. The lowest BCUT2D eigenvalue weighted by atomic mass is 10.1. The number of oxime groups is 1. The molecule has 2 N–H and O–H groups in total. The number of halogens is 2. The number of carbonyl (C=O) groups is 1. The molecular formula is C8H4Br2N2O2. The van der Waals surface area contributed by atoms with Gasteiger partial charge in [-0.2, -0.15) is 0 Å². The predicted octanol–water partition coefficient (Wildman–Crippen LogP) is 2.34. The van der Waals surface area contributed by atoms with Crippen molar-refractivity contribution in [3.63, 3.8) is 0 Å². The number of fused-ring (bicyclic) bond motifs is 1. The Morgan fingerprint density at radius 2 is 2.07 bits per heavy atom. The molecule has 1 aliphatic heterocycles. The summed E-state index contributed by atoms with van der Waals surface area (Å²) >= 11 is 6.59. The van der Waals surface area contributed by atoms with Crippen LogP contribution in [0.25, 0.3) is 0 Å². The van der Waals surface area contributed by atoms with Crippen molar-refractivity contribution >= 4 is 49.2 Å². The van der Waals surface area contributed by atoms with Crippen molar-refractivity contribution in [2.45, 2.75) is 0 Å². The smallest absolute Gasteiger partial charge is 0.278 e. The van der Waals surface area contributed by atoms with Gasteiger partial charge < -0.3 is 10.5 Å². The van der Waals surface area contributed by atoms with Crippen molar-refractivity contribution in [3.05, 3.63) is 26.6 Å². The maximum Gasteiger partial charge on any atom is 0.278 e. The Kier molecular flexibility index (Phi) is 2.32. The lowest BCUT2D eigenvalue weighted by Gasteiger charge is -2.01. The molecule has 6 heteroatoms. The van der Waals surface area contributed by atoms with Crippen molar-refractivity contribution in [1.29, 1.82) is 0 Å². The Balaban J connectivity index is 2.71. The number of carbonyl (C=O) groups excluding carboxylic acids is 1. The van der Waals surface area contributed by atoms with Crippen LogP contribution < -0.4 is 5.32 Å². The van der Waals surface area contributed by atoms with Gasteiger partial charge in [-0.3, -0.25) is 4.79 Å². The summed E-state index contributed by atoms with van der Waals surface area (Å²) in [4.78, 5) is 11.3. The van der Waals surface area contributed by atoms with E-state index in [1.54, 1.807) is 12.1 Å². The number of benzene rings is 1. The fourth-order valence-electron chi connectivity index (χ4n) is 1.28. The van der Waals surface area contributed by atoms with E-state index >= 15 is 0 Å². The van der Waals surface area contributed by atoms with E-state index in [9.17, 15) is 4.79 Å². The van der Waals surface area contributed by atoms with E-state index in [1.165, 1.54) is 0 Å². The van der Waals surface area contributed by atoms with Gasteiger partial charge in [-0.15, -0.1) is 0 Å². The molecule has 0 radical (unpaired) electrons. The molecule has 1 amide bonds. The van der Waals surface area contributed by atoms with Gasteiger partial charge in [0.15, 0.2) is 5.71 Å². The number of nitrogens with one attached hydrogen (secondary N) is 1. The molecule has 0 aliphatic carbocycles. The molecule has 0 spiro atoms. The zero-order valence-electron chi connectivity index (χ0n) is 6.71. The van der Waals surface area contributed by atoms with E-state index in [-0.39, 0.29) is 5.71 Å². The lowest BCUT2D eigenvalue weighted by Crippen LogP contribution is -2.13. The normalized spacial score (nSPS) is 17.0. The number of hydrogen-bond acceptors (Lipinski definition) is 3. The summed E-state index contributed by atoms with van der Waals surface area (Å²) in [5.41, 5.74) is 1.24. The minimum absolute atomic E-state index is 0.0296. The highest BCUT2D eigenvalue weighted by Crippen LogP contribution is 2.34. The number of anilines is 1.